The second-order valence-corrected chi connectivity index (χ2v) is 9.87. The van der Waals surface area contributed by atoms with Gasteiger partial charge < -0.3 is 19.8 Å². The molecule has 0 aliphatic carbocycles. The maximum Gasteiger partial charge on any atom is 0.490 e. The number of carboxylic acids is 2. The number of aliphatic carboxylic acids is 2. The lowest BCUT2D eigenvalue weighted by Crippen LogP contribution is -2.60. The lowest BCUT2D eigenvalue weighted by molar-refractivity contribution is -0.193. The average molecular weight is 584 g/mol. The van der Waals surface area contributed by atoms with Crippen LogP contribution in [0.2, 0.25) is 0 Å². The largest absolute Gasteiger partial charge is 0.490 e. The zero-order valence-electron chi connectivity index (χ0n) is 20.2. The molecule has 2 aromatic heterocycles. The summed E-state index contributed by atoms with van der Waals surface area (Å²) in [7, 11) is 0. The number of amides is 1. The molecule has 2 aromatic rings. The van der Waals surface area contributed by atoms with Crippen LogP contribution in [-0.4, -0.2) is 85.0 Å². The molecule has 2 saturated heterocycles. The summed E-state index contributed by atoms with van der Waals surface area (Å²) in [6.07, 6.45) is -7.14. The van der Waals surface area contributed by atoms with Gasteiger partial charge in [0.2, 0.25) is 0 Å². The summed E-state index contributed by atoms with van der Waals surface area (Å²) >= 11 is 1.93. The van der Waals surface area contributed by atoms with Crippen LogP contribution >= 0.6 is 11.8 Å². The number of hydrogen-bond acceptors (Lipinski definition) is 7. The lowest BCUT2D eigenvalue weighted by atomic mass is 9.92. The first kappa shape index (κ1) is 31.8. The molecule has 9 nitrogen and oxygen atoms in total. The van der Waals surface area contributed by atoms with Crippen LogP contribution in [0.5, 0.6) is 0 Å². The second-order valence-electron chi connectivity index (χ2n) is 8.38. The van der Waals surface area contributed by atoms with Crippen molar-refractivity contribution in [1.29, 1.82) is 0 Å². The van der Waals surface area contributed by atoms with E-state index in [4.69, 9.17) is 24.5 Å². The molecule has 0 aromatic carbocycles. The number of alkyl halides is 6. The van der Waals surface area contributed by atoms with Crippen LogP contribution in [0.15, 0.2) is 42.6 Å². The van der Waals surface area contributed by atoms with Gasteiger partial charge in [-0.05, 0) is 37.6 Å². The minimum atomic E-state index is -5.08. The first-order chi connectivity index (χ1) is 18.0. The first-order valence-corrected chi connectivity index (χ1v) is 12.0. The molecule has 39 heavy (non-hydrogen) atoms. The summed E-state index contributed by atoms with van der Waals surface area (Å²) in [5.41, 5.74) is 2.38. The topological polar surface area (TPSA) is 130 Å². The van der Waals surface area contributed by atoms with Crippen LogP contribution in [0.4, 0.5) is 26.3 Å². The van der Waals surface area contributed by atoms with E-state index in [-0.39, 0.29) is 16.8 Å². The molecule has 2 aliphatic rings. The number of nitrogens with zero attached hydrogens (tertiary/aromatic N) is 3. The van der Waals surface area contributed by atoms with Crippen molar-refractivity contribution in [2.24, 2.45) is 0 Å². The zero-order chi connectivity index (χ0) is 29.4. The van der Waals surface area contributed by atoms with Crippen molar-refractivity contribution in [3.63, 3.8) is 0 Å². The molecule has 16 heteroatoms. The molecular formula is C23H23F6N3O6S. The number of aryl methyl sites for hydroxylation is 1. The van der Waals surface area contributed by atoms with Gasteiger partial charge in [-0.3, -0.25) is 9.78 Å². The van der Waals surface area contributed by atoms with E-state index >= 15 is 0 Å². The highest BCUT2D eigenvalue weighted by atomic mass is 32.2. The van der Waals surface area contributed by atoms with E-state index in [0.717, 1.165) is 36.7 Å². The van der Waals surface area contributed by atoms with Crippen molar-refractivity contribution in [3.05, 3.63) is 59.7 Å². The molecular weight excluding hydrogens is 560 g/mol. The molecule has 1 atom stereocenters. The molecule has 2 aliphatic heterocycles. The number of aromatic nitrogens is 2. The summed E-state index contributed by atoms with van der Waals surface area (Å²) in [5, 5.41) is 14.2. The van der Waals surface area contributed by atoms with Gasteiger partial charge in [0.1, 0.15) is 5.69 Å². The fourth-order valence-electron chi connectivity index (χ4n) is 3.43. The average Bonchev–Trinajstić information content (AvgIpc) is 3.26. The van der Waals surface area contributed by atoms with Crippen LogP contribution in [0.25, 0.3) is 0 Å². The molecule has 2 N–H and O–H groups in total. The summed E-state index contributed by atoms with van der Waals surface area (Å²) in [6.45, 7) is 4.04. The number of rotatable bonds is 4. The number of halogens is 6. The fraction of sp³-hybridized carbons (Fsp3) is 0.435. The Morgan fingerprint density at radius 1 is 1.03 bits per heavy atom. The van der Waals surface area contributed by atoms with Crippen molar-refractivity contribution in [2.45, 2.75) is 43.2 Å². The molecule has 0 saturated carbocycles. The zero-order valence-corrected chi connectivity index (χ0v) is 21.0. The summed E-state index contributed by atoms with van der Waals surface area (Å²) in [6, 6.07) is 11.5. The van der Waals surface area contributed by atoms with Gasteiger partial charge in [-0.1, -0.05) is 12.1 Å². The third kappa shape index (κ3) is 10.0. The van der Waals surface area contributed by atoms with Gasteiger partial charge in [0.05, 0.1) is 23.2 Å². The summed E-state index contributed by atoms with van der Waals surface area (Å²) < 4.78 is 69.7. The monoisotopic (exact) mass is 583 g/mol. The van der Waals surface area contributed by atoms with Gasteiger partial charge >= 0.3 is 24.3 Å². The SMILES string of the molecule is Cc1cccc(C(=O)N2CC3(CC(OCc4ccccn4)CS3)C2)n1.O=C(O)C(F)(F)F.O=C(O)C(F)(F)F. The summed E-state index contributed by atoms with van der Waals surface area (Å²) in [5.74, 6) is -4.50. The van der Waals surface area contributed by atoms with E-state index in [2.05, 4.69) is 9.97 Å². The van der Waals surface area contributed by atoms with Crippen LogP contribution in [0.1, 0.15) is 28.3 Å². The van der Waals surface area contributed by atoms with Gasteiger partial charge in [0.15, 0.2) is 0 Å². The highest BCUT2D eigenvalue weighted by Crippen LogP contribution is 2.46. The number of carbonyl (C=O) groups is 3. The van der Waals surface area contributed by atoms with Crippen LogP contribution in [-0.2, 0) is 20.9 Å². The Morgan fingerprint density at radius 2 is 1.62 bits per heavy atom. The molecule has 0 radical (unpaired) electrons. The Morgan fingerprint density at radius 3 is 2.10 bits per heavy atom. The van der Waals surface area contributed by atoms with Gasteiger partial charge in [-0.2, -0.15) is 26.3 Å². The number of hydrogen-bond donors (Lipinski definition) is 2. The molecule has 1 spiro atoms. The standard InChI is InChI=1S/C19H21N3O2S.2C2HF3O2/c1-14-5-4-7-17(21-14)18(23)22-12-19(13-22)9-16(11-25-19)24-10-15-6-2-3-8-20-15;2*3-2(4,5)1(6)7/h2-8,16H,9-13H2,1H3;2*(H,6,7). The van der Waals surface area contributed by atoms with Crippen molar-refractivity contribution >= 4 is 29.6 Å². The van der Waals surface area contributed by atoms with Crippen LogP contribution < -0.4 is 0 Å². The molecule has 1 amide bonds. The molecule has 0 bridgehead atoms. The van der Waals surface area contributed by atoms with E-state index in [1.54, 1.807) is 12.3 Å². The van der Waals surface area contributed by atoms with Gasteiger partial charge in [0.25, 0.3) is 5.91 Å². The maximum absolute atomic E-state index is 12.5. The van der Waals surface area contributed by atoms with E-state index in [0.29, 0.717) is 12.3 Å². The van der Waals surface area contributed by atoms with E-state index < -0.39 is 24.3 Å². The number of carbonyl (C=O) groups excluding carboxylic acids is 1. The first-order valence-electron chi connectivity index (χ1n) is 11.0. The minimum Gasteiger partial charge on any atom is -0.475 e. The van der Waals surface area contributed by atoms with Crippen molar-refractivity contribution in [1.82, 2.24) is 14.9 Å². The fourth-order valence-corrected chi connectivity index (χ4v) is 4.99. The third-order valence-electron chi connectivity index (χ3n) is 5.21. The van der Waals surface area contributed by atoms with Crippen molar-refractivity contribution < 1.29 is 55.7 Å². The van der Waals surface area contributed by atoms with Crippen LogP contribution in [0, 0.1) is 6.92 Å². The number of thioether (sulfide) groups is 1. The van der Waals surface area contributed by atoms with E-state index in [9.17, 15) is 31.1 Å². The van der Waals surface area contributed by atoms with Gasteiger partial charge in [-0.25, -0.2) is 14.6 Å². The molecule has 214 valence electrons. The maximum atomic E-state index is 12.5. The number of likely N-dealkylation sites (tertiary alicyclic amines) is 1. The predicted octanol–water partition coefficient (Wildman–Crippen LogP) is 3.97. The Balaban J connectivity index is 0.000000317. The van der Waals surface area contributed by atoms with Gasteiger partial charge in [0, 0.05) is 30.7 Å². The van der Waals surface area contributed by atoms with E-state index in [1.807, 2.05) is 53.9 Å². The van der Waals surface area contributed by atoms with E-state index in [1.165, 1.54) is 0 Å². The Hall–Kier alpha value is -3.40. The Labute approximate surface area is 222 Å². The van der Waals surface area contributed by atoms with Crippen molar-refractivity contribution in [3.8, 4) is 0 Å². The molecule has 4 heterocycles. The smallest absolute Gasteiger partial charge is 0.475 e. The van der Waals surface area contributed by atoms with Gasteiger partial charge in [-0.15, -0.1) is 11.8 Å². The Kier molecular flexibility index (Phi) is 10.7. The Bertz CT molecular complexity index is 1120. The molecule has 2 fully saturated rings. The predicted molar refractivity (Wildman–Crippen MR) is 125 cm³/mol. The molecule has 1 unspecified atom stereocenters. The number of carboxylic acid groups (broad SMARTS) is 2. The second kappa shape index (κ2) is 13.1. The normalized spacial score (nSPS) is 17.7. The number of pyridine rings is 2. The quantitative estimate of drug-likeness (QED) is 0.514. The lowest BCUT2D eigenvalue weighted by Gasteiger charge is -2.47. The summed E-state index contributed by atoms with van der Waals surface area (Å²) in [4.78, 5) is 40.9. The number of ether oxygens (including phenoxy) is 1. The highest BCUT2D eigenvalue weighted by molar-refractivity contribution is 8.01. The minimum absolute atomic E-state index is 0.0350. The molecule has 4 rings (SSSR count). The van der Waals surface area contributed by atoms with Crippen LogP contribution in [0.3, 0.4) is 0 Å². The van der Waals surface area contributed by atoms with Crippen molar-refractivity contribution in [2.75, 3.05) is 18.8 Å². The highest BCUT2D eigenvalue weighted by Gasteiger charge is 2.51. The third-order valence-corrected chi connectivity index (χ3v) is 6.78.